The van der Waals surface area contributed by atoms with Gasteiger partial charge in [-0.1, -0.05) is 66.7 Å². The molecule has 0 aromatic heterocycles. The highest BCUT2D eigenvalue weighted by Gasteiger charge is 2.26. The first kappa shape index (κ1) is 33.1. The number of ether oxygens (including phenoxy) is 2. The van der Waals surface area contributed by atoms with Crippen molar-refractivity contribution in [3.63, 3.8) is 0 Å². The molecule has 4 N–H and O–H groups in total. The van der Waals surface area contributed by atoms with E-state index in [0.717, 1.165) is 29.7 Å². The Morgan fingerprint density at radius 3 is 2.33 bits per heavy atom. The van der Waals surface area contributed by atoms with E-state index >= 15 is 0 Å². The molecule has 0 unspecified atom stereocenters. The lowest BCUT2D eigenvalue weighted by Crippen LogP contribution is -2.43. The van der Waals surface area contributed by atoms with E-state index < -0.39 is 5.97 Å². The van der Waals surface area contributed by atoms with E-state index in [9.17, 15) is 9.59 Å². The molecule has 1 fully saturated rings. The van der Waals surface area contributed by atoms with E-state index in [2.05, 4.69) is 33.5 Å². The minimum Gasteiger partial charge on any atom is -0.465 e. The third-order valence-electron chi connectivity index (χ3n) is 7.72. The molecule has 0 heterocycles. The Balaban J connectivity index is 1.20. The second-order valence-corrected chi connectivity index (χ2v) is 12.8. The van der Waals surface area contributed by atoms with Gasteiger partial charge < -0.3 is 25.8 Å². The van der Waals surface area contributed by atoms with Gasteiger partial charge in [-0.25, -0.2) is 4.79 Å². The maximum Gasteiger partial charge on any atom is 0.338 e. The summed E-state index contributed by atoms with van der Waals surface area (Å²) >= 11 is 16.1. The van der Waals surface area contributed by atoms with E-state index in [1.54, 1.807) is 30.3 Å². The monoisotopic (exact) mass is 689 g/mol. The average Bonchev–Trinajstić information content (AvgIpc) is 2.98. The summed E-state index contributed by atoms with van der Waals surface area (Å²) < 4.78 is 11.6. The molecule has 1 aliphatic rings. The Hall–Kier alpha value is -2.78. The van der Waals surface area contributed by atoms with Gasteiger partial charge in [-0.05, 0) is 90.0 Å². The van der Waals surface area contributed by atoms with E-state index in [0.29, 0.717) is 50.8 Å². The summed E-state index contributed by atoms with van der Waals surface area (Å²) in [5, 5.41) is 7.84. The van der Waals surface area contributed by atoms with Crippen LogP contribution in [0.4, 0.5) is 17.1 Å². The minimum absolute atomic E-state index is 0.0855. The smallest absolute Gasteiger partial charge is 0.338 e. The number of unbranched alkanes of at least 4 members (excludes halogenated alkanes) is 1. The second kappa shape index (κ2) is 15.8. The van der Waals surface area contributed by atoms with Crippen molar-refractivity contribution in [3.8, 4) is 0 Å². The van der Waals surface area contributed by atoms with Crippen LogP contribution in [-0.4, -0.2) is 30.7 Å². The summed E-state index contributed by atoms with van der Waals surface area (Å²) in [5.41, 5.74) is 10.4. The van der Waals surface area contributed by atoms with Crippen molar-refractivity contribution in [3.05, 3.63) is 85.8 Å². The molecule has 0 saturated heterocycles. The molecule has 0 radical (unpaired) electrons. The van der Waals surface area contributed by atoms with Gasteiger partial charge in [0.15, 0.2) is 0 Å². The molecule has 7 nitrogen and oxygen atoms in total. The molecule has 0 atom stereocenters. The summed E-state index contributed by atoms with van der Waals surface area (Å²) in [5.74, 6) is -0.767. The van der Waals surface area contributed by atoms with E-state index in [-0.39, 0.29) is 31.1 Å². The van der Waals surface area contributed by atoms with Crippen molar-refractivity contribution in [2.45, 2.75) is 70.4 Å². The van der Waals surface area contributed by atoms with Crippen LogP contribution in [0, 0.1) is 0 Å². The highest BCUT2D eigenvalue weighted by atomic mass is 79.9. The first-order valence-electron chi connectivity index (χ1n) is 14.6. The number of benzene rings is 3. The summed E-state index contributed by atoms with van der Waals surface area (Å²) in [6.45, 7) is 3.28. The van der Waals surface area contributed by atoms with Gasteiger partial charge in [-0.2, -0.15) is 0 Å². The van der Waals surface area contributed by atoms with Gasteiger partial charge in [0.05, 0.1) is 46.6 Å². The lowest BCUT2D eigenvalue weighted by molar-refractivity contribution is -0.143. The predicted octanol–water partition coefficient (Wildman–Crippen LogP) is 8.62. The fourth-order valence-electron chi connectivity index (χ4n) is 5.15. The third kappa shape index (κ3) is 9.60. The minimum atomic E-state index is -0.412. The van der Waals surface area contributed by atoms with Crippen LogP contribution in [0.1, 0.15) is 73.4 Å². The van der Waals surface area contributed by atoms with E-state index in [1.165, 1.54) is 19.3 Å². The fraction of sp³-hybridized carbons (Fsp3) is 0.394. The number of hydrogen-bond donors (Lipinski definition) is 3. The van der Waals surface area contributed by atoms with Crippen LogP contribution >= 0.6 is 39.1 Å². The zero-order valence-electron chi connectivity index (χ0n) is 24.3. The van der Waals surface area contributed by atoms with Gasteiger partial charge in [0.25, 0.3) is 0 Å². The Bertz CT molecular complexity index is 1410. The molecule has 10 heteroatoms. The van der Waals surface area contributed by atoms with E-state index in [1.807, 2.05) is 24.3 Å². The number of carbonyl (C=O) groups is 2. The third-order valence-corrected chi connectivity index (χ3v) is 9.01. The van der Waals surface area contributed by atoms with Crippen molar-refractivity contribution in [1.82, 2.24) is 5.32 Å². The number of nitrogen functional groups attached to an aromatic ring is 1. The number of nitrogens with one attached hydrogen (secondary N) is 2. The number of carbonyl (C=O) groups excluding carboxylic acids is 2. The second-order valence-electron chi connectivity index (χ2n) is 11.1. The average molecular weight is 691 g/mol. The molecule has 230 valence electrons. The zero-order valence-corrected chi connectivity index (χ0v) is 27.4. The van der Waals surface area contributed by atoms with Crippen LogP contribution in [-0.2, 0) is 27.2 Å². The van der Waals surface area contributed by atoms with Crippen LogP contribution < -0.4 is 16.4 Å². The number of hydrogen-bond acceptors (Lipinski definition) is 7. The predicted molar refractivity (Wildman–Crippen MR) is 177 cm³/mol. The zero-order chi connectivity index (χ0) is 30.8. The fourth-order valence-corrected chi connectivity index (χ4v) is 6.14. The van der Waals surface area contributed by atoms with Gasteiger partial charge in [-0.15, -0.1) is 0 Å². The lowest BCUT2D eigenvalue weighted by atomic mass is 9.83. The quantitative estimate of drug-likeness (QED) is 0.0938. The molecule has 3 aromatic rings. The van der Waals surface area contributed by atoms with Gasteiger partial charge in [-0.3, -0.25) is 4.79 Å². The van der Waals surface area contributed by atoms with Crippen molar-refractivity contribution >= 4 is 68.1 Å². The van der Waals surface area contributed by atoms with Crippen LogP contribution in [0.3, 0.4) is 0 Å². The van der Waals surface area contributed by atoms with Crippen LogP contribution in [0.5, 0.6) is 0 Å². The summed E-state index contributed by atoms with van der Waals surface area (Å²) in [7, 11) is 0. The van der Waals surface area contributed by atoms with Gasteiger partial charge in [0.2, 0.25) is 0 Å². The molecule has 43 heavy (non-hydrogen) atoms. The number of esters is 2. The first-order chi connectivity index (χ1) is 20.6. The SMILES string of the molecule is CC1(NCc2cc(C(=O)OCCCCOC(=O)Cc3ccccc3Nc3c(Cl)cccc3Cl)cc(Br)c2N)CCCCC1. The lowest BCUT2D eigenvalue weighted by Gasteiger charge is -2.35. The van der Waals surface area contributed by atoms with Crippen LogP contribution in [0.2, 0.25) is 10.0 Å². The Kier molecular flexibility index (Phi) is 12.2. The van der Waals surface area contributed by atoms with Crippen molar-refractivity contribution in [2.24, 2.45) is 0 Å². The molecule has 0 amide bonds. The molecule has 1 aliphatic carbocycles. The molecule has 1 saturated carbocycles. The standard InChI is InChI=1S/C33H38BrCl2N3O4/c1-33(14-5-2-6-15-33)38-21-24-18-23(19-25(34)30(24)37)32(41)43-17-8-7-16-42-29(40)20-22-10-3-4-13-28(22)39-31-26(35)11-9-12-27(31)36/h3-4,9-13,18-19,38-39H,2,5-8,14-17,20-21,37H2,1H3. The van der Waals surface area contributed by atoms with Crippen molar-refractivity contribution < 1.29 is 19.1 Å². The summed E-state index contributed by atoms with van der Waals surface area (Å²) in [4.78, 5) is 25.3. The van der Waals surface area contributed by atoms with Crippen molar-refractivity contribution in [2.75, 3.05) is 24.3 Å². The first-order valence-corrected chi connectivity index (χ1v) is 16.1. The topological polar surface area (TPSA) is 103 Å². The largest absolute Gasteiger partial charge is 0.465 e. The normalized spacial score (nSPS) is 14.2. The highest BCUT2D eigenvalue weighted by molar-refractivity contribution is 9.10. The summed E-state index contributed by atoms with van der Waals surface area (Å²) in [6.07, 6.45) is 7.20. The summed E-state index contributed by atoms with van der Waals surface area (Å²) in [6, 6.07) is 16.2. The Morgan fingerprint density at radius 2 is 1.60 bits per heavy atom. The van der Waals surface area contributed by atoms with E-state index in [4.69, 9.17) is 38.4 Å². The van der Waals surface area contributed by atoms with Crippen LogP contribution in [0.15, 0.2) is 59.1 Å². The van der Waals surface area contributed by atoms with Gasteiger partial charge >= 0.3 is 11.9 Å². The number of nitrogens with two attached hydrogens (primary N) is 1. The molecule has 0 bridgehead atoms. The van der Waals surface area contributed by atoms with Crippen molar-refractivity contribution in [1.29, 1.82) is 0 Å². The van der Waals surface area contributed by atoms with Gasteiger partial charge in [0.1, 0.15) is 0 Å². The highest BCUT2D eigenvalue weighted by Crippen LogP contribution is 2.34. The van der Waals surface area contributed by atoms with Crippen LogP contribution in [0.25, 0.3) is 0 Å². The molecular weight excluding hydrogens is 653 g/mol. The number of para-hydroxylation sites is 2. The Labute approximate surface area is 271 Å². The molecule has 0 aliphatic heterocycles. The molecule has 3 aromatic carbocycles. The maximum absolute atomic E-state index is 12.8. The van der Waals surface area contributed by atoms with Gasteiger partial charge in [0, 0.05) is 22.2 Å². The number of halogens is 3. The number of anilines is 3. The number of rotatable bonds is 13. The molecule has 4 rings (SSSR count). The Morgan fingerprint density at radius 1 is 0.930 bits per heavy atom. The maximum atomic E-state index is 12.8. The molecular formula is C33H38BrCl2N3O4. The molecule has 0 spiro atoms.